The summed E-state index contributed by atoms with van der Waals surface area (Å²) in [5.41, 5.74) is 0.464. The largest absolute Gasteiger partial charge is 0.362 e. The second-order valence-electron chi connectivity index (χ2n) is 3.67. The fraction of sp³-hybridized carbons (Fsp3) is 0.273. The Hall–Kier alpha value is -1.72. The van der Waals surface area contributed by atoms with Gasteiger partial charge in [0.15, 0.2) is 5.82 Å². The van der Waals surface area contributed by atoms with Gasteiger partial charge in [-0.05, 0) is 12.1 Å². The number of ether oxygens (including phenoxy) is 1. The smallest absolute Gasteiger partial charge is 0.261 e. The van der Waals surface area contributed by atoms with E-state index in [-0.39, 0.29) is 11.4 Å². The first kappa shape index (κ1) is 9.50. The minimum Gasteiger partial charge on any atom is -0.362 e. The molecule has 1 N–H and O–H groups in total. The van der Waals surface area contributed by atoms with Crippen LogP contribution < -0.4 is 5.56 Å². The Morgan fingerprint density at radius 1 is 1.44 bits per heavy atom. The summed E-state index contributed by atoms with van der Waals surface area (Å²) in [4.78, 5) is 16.3. The monoisotopic (exact) mass is 218 g/mol. The Morgan fingerprint density at radius 3 is 3.12 bits per heavy atom. The van der Waals surface area contributed by atoms with Crippen LogP contribution in [-0.4, -0.2) is 21.3 Å². The van der Waals surface area contributed by atoms with Gasteiger partial charge in [-0.15, -0.1) is 0 Å². The number of nitrogens with zero attached hydrogens (tertiary/aromatic N) is 2. The SMILES string of the molecule is O=c1c2ccccc2nc2n1CCOC2O. The predicted octanol–water partition coefficient (Wildman–Crippen LogP) is 0.418. The number of fused-ring (bicyclic) bond motifs is 2. The van der Waals surface area contributed by atoms with Gasteiger partial charge in [-0.1, -0.05) is 12.1 Å². The Kier molecular flexibility index (Phi) is 2.02. The van der Waals surface area contributed by atoms with Crippen molar-refractivity contribution in [3.05, 3.63) is 40.4 Å². The molecule has 0 fully saturated rings. The van der Waals surface area contributed by atoms with Crippen LogP contribution in [0.15, 0.2) is 29.1 Å². The number of aliphatic hydroxyl groups excluding tert-OH is 1. The third-order valence-electron chi connectivity index (χ3n) is 2.70. The van der Waals surface area contributed by atoms with Gasteiger partial charge in [-0.25, -0.2) is 4.98 Å². The van der Waals surface area contributed by atoms with Gasteiger partial charge in [0.25, 0.3) is 5.56 Å². The molecular weight excluding hydrogens is 208 g/mol. The third kappa shape index (κ3) is 1.26. The standard InChI is InChI=1S/C11H10N2O3/c14-10-7-3-1-2-4-8(7)12-9-11(15)16-6-5-13(9)10/h1-4,11,15H,5-6H2. The lowest BCUT2D eigenvalue weighted by Gasteiger charge is -2.22. The van der Waals surface area contributed by atoms with Gasteiger partial charge < -0.3 is 9.84 Å². The molecule has 5 heteroatoms. The second kappa shape index (κ2) is 3.40. The van der Waals surface area contributed by atoms with E-state index in [1.54, 1.807) is 18.2 Å². The molecule has 5 nitrogen and oxygen atoms in total. The van der Waals surface area contributed by atoms with Gasteiger partial charge in [0.2, 0.25) is 6.29 Å². The molecule has 1 aliphatic rings. The van der Waals surface area contributed by atoms with Crippen LogP contribution in [0.2, 0.25) is 0 Å². The molecule has 0 amide bonds. The van der Waals surface area contributed by atoms with Gasteiger partial charge >= 0.3 is 0 Å². The highest BCUT2D eigenvalue weighted by Crippen LogP contribution is 2.18. The van der Waals surface area contributed by atoms with Gasteiger partial charge in [0.1, 0.15) is 0 Å². The quantitative estimate of drug-likeness (QED) is 0.696. The van der Waals surface area contributed by atoms with Crippen LogP contribution in [-0.2, 0) is 11.3 Å². The van der Waals surface area contributed by atoms with E-state index in [1.165, 1.54) is 4.57 Å². The van der Waals surface area contributed by atoms with Crippen molar-refractivity contribution in [2.24, 2.45) is 0 Å². The van der Waals surface area contributed by atoms with Gasteiger partial charge in [0.05, 0.1) is 24.1 Å². The molecule has 1 aliphatic heterocycles. The average molecular weight is 218 g/mol. The zero-order valence-electron chi connectivity index (χ0n) is 8.46. The van der Waals surface area contributed by atoms with E-state index in [0.29, 0.717) is 24.1 Å². The van der Waals surface area contributed by atoms with Gasteiger partial charge in [-0.3, -0.25) is 9.36 Å². The molecular formula is C11H10N2O3. The lowest BCUT2D eigenvalue weighted by molar-refractivity contribution is -0.128. The van der Waals surface area contributed by atoms with Crippen molar-refractivity contribution >= 4 is 10.9 Å². The molecule has 0 saturated heterocycles. The zero-order valence-corrected chi connectivity index (χ0v) is 8.46. The topological polar surface area (TPSA) is 64.4 Å². The molecule has 0 bridgehead atoms. The second-order valence-corrected chi connectivity index (χ2v) is 3.67. The van der Waals surface area contributed by atoms with E-state index < -0.39 is 6.29 Å². The Balaban J connectivity index is 2.41. The number of hydrogen-bond acceptors (Lipinski definition) is 4. The molecule has 1 aromatic carbocycles. The average Bonchev–Trinajstić information content (AvgIpc) is 2.31. The molecule has 16 heavy (non-hydrogen) atoms. The van der Waals surface area contributed by atoms with E-state index in [9.17, 15) is 9.90 Å². The molecule has 1 aromatic heterocycles. The number of aliphatic hydroxyl groups is 1. The zero-order chi connectivity index (χ0) is 11.1. The number of rotatable bonds is 0. The van der Waals surface area contributed by atoms with Crippen LogP contribution in [0.4, 0.5) is 0 Å². The molecule has 1 unspecified atom stereocenters. The van der Waals surface area contributed by atoms with Crippen molar-refractivity contribution in [3.63, 3.8) is 0 Å². The fourth-order valence-corrected chi connectivity index (χ4v) is 1.92. The number of aromatic nitrogens is 2. The highest BCUT2D eigenvalue weighted by molar-refractivity contribution is 5.77. The van der Waals surface area contributed by atoms with Crippen LogP contribution in [0.5, 0.6) is 0 Å². The number of hydrogen-bond donors (Lipinski definition) is 1. The highest BCUT2D eigenvalue weighted by Gasteiger charge is 2.22. The lowest BCUT2D eigenvalue weighted by atomic mass is 10.2. The summed E-state index contributed by atoms with van der Waals surface area (Å²) in [6, 6.07) is 7.09. The van der Waals surface area contributed by atoms with Crippen LogP contribution in [0.1, 0.15) is 12.1 Å². The van der Waals surface area contributed by atoms with E-state index in [2.05, 4.69) is 4.98 Å². The number of para-hydroxylation sites is 1. The first-order valence-electron chi connectivity index (χ1n) is 5.06. The van der Waals surface area contributed by atoms with Gasteiger partial charge in [-0.2, -0.15) is 0 Å². The van der Waals surface area contributed by atoms with Crippen molar-refractivity contribution < 1.29 is 9.84 Å². The Labute approximate surface area is 90.9 Å². The summed E-state index contributed by atoms with van der Waals surface area (Å²) < 4.78 is 6.51. The molecule has 2 aromatic rings. The summed E-state index contributed by atoms with van der Waals surface area (Å²) in [7, 11) is 0. The van der Waals surface area contributed by atoms with Crippen molar-refractivity contribution in [3.8, 4) is 0 Å². The fourth-order valence-electron chi connectivity index (χ4n) is 1.92. The van der Waals surface area contributed by atoms with Crippen molar-refractivity contribution in [2.75, 3.05) is 6.61 Å². The van der Waals surface area contributed by atoms with Gasteiger partial charge in [0, 0.05) is 0 Å². The maximum Gasteiger partial charge on any atom is 0.261 e. The summed E-state index contributed by atoms with van der Waals surface area (Å²) >= 11 is 0. The third-order valence-corrected chi connectivity index (χ3v) is 2.70. The van der Waals surface area contributed by atoms with E-state index in [4.69, 9.17) is 4.74 Å². The van der Waals surface area contributed by atoms with E-state index in [0.717, 1.165) is 0 Å². The summed E-state index contributed by atoms with van der Waals surface area (Å²) in [6.45, 7) is 0.761. The predicted molar refractivity (Wildman–Crippen MR) is 56.9 cm³/mol. The normalized spacial score (nSPS) is 19.7. The van der Waals surface area contributed by atoms with Crippen LogP contribution in [0.3, 0.4) is 0 Å². The minimum atomic E-state index is -1.11. The van der Waals surface area contributed by atoms with Crippen LogP contribution in [0, 0.1) is 0 Å². The molecule has 82 valence electrons. The lowest BCUT2D eigenvalue weighted by Crippen LogP contribution is -2.33. The maximum atomic E-state index is 12.1. The number of benzene rings is 1. The first-order chi connectivity index (χ1) is 7.77. The van der Waals surface area contributed by atoms with E-state index in [1.807, 2.05) is 6.07 Å². The van der Waals surface area contributed by atoms with Crippen molar-refractivity contribution in [2.45, 2.75) is 12.8 Å². The molecule has 0 saturated carbocycles. The van der Waals surface area contributed by atoms with Crippen molar-refractivity contribution in [1.29, 1.82) is 0 Å². The van der Waals surface area contributed by atoms with Crippen molar-refractivity contribution in [1.82, 2.24) is 9.55 Å². The molecule has 3 rings (SSSR count). The maximum absolute atomic E-state index is 12.1. The molecule has 0 radical (unpaired) electrons. The van der Waals surface area contributed by atoms with E-state index >= 15 is 0 Å². The summed E-state index contributed by atoms with van der Waals surface area (Å²) in [5.74, 6) is 0.287. The minimum absolute atomic E-state index is 0.122. The van der Waals surface area contributed by atoms with Crippen LogP contribution >= 0.6 is 0 Å². The highest BCUT2D eigenvalue weighted by atomic mass is 16.6. The molecule has 2 heterocycles. The molecule has 0 aliphatic carbocycles. The first-order valence-corrected chi connectivity index (χ1v) is 5.06. The Bertz CT molecular complexity index is 606. The molecule has 1 atom stereocenters. The Morgan fingerprint density at radius 2 is 2.25 bits per heavy atom. The molecule has 0 spiro atoms. The summed E-state index contributed by atoms with van der Waals surface area (Å²) in [6.07, 6.45) is -1.11. The summed E-state index contributed by atoms with van der Waals surface area (Å²) in [5, 5.41) is 10.2. The van der Waals surface area contributed by atoms with Crippen LogP contribution in [0.25, 0.3) is 10.9 Å².